The van der Waals surface area contributed by atoms with E-state index in [9.17, 15) is 13.2 Å². The molecule has 1 fully saturated rings. The summed E-state index contributed by atoms with van der Waals surface area (Å²) in [4.78, 5) is 13.8. The number of nitrogens with one attached hydrogen (secondary N) is 1. The Balaban J connectivity index is 1.43. The van der Waals surface area contributed by atoms with Crippen LogP contribution in [0.3, 0.4) is 0 Å². The number of benzene rings is 5. The number of fused-ring (bicyclic) bond motifs is 1. The molecule has 8 heteroatoms. The normalized spacial score (nSPS) is 17.1. The topological polar surface area (TPSA) is 90.3 Å². The number of hydrogen-bond donors (Lipinski definition) is 1. The first kappa shape index (κ1) is 30.6. The smallest absolute Gasteiger partial charge is 0.243 e. The number of carbonyl (C=O) groups excluding carboxylic acids is 1. The van der Waals surface area contributed by atoms with Gasteiger partial charge >= 0.3 is 0 Å². The summed E-state index contributed by atoms with van der Waals surface area (Å²) in [5.41, 5.74) is 3.20. The zero-order valence-electron chi connectivity index (χ0n) is 24.6. The molecule has 0 spiro atoms. The van der Waals surface area contributed by atoms with Gasteiger partial charge in [-0.1, -0.05) is 121 Å². The van der Waals surface area contributed by atoms with Gasteiger partial charge in [0.2, 0.25) is 15.9 Å². The average molecular weight is 632 g/mol. The van der Waals surface area contributed by atoms with Crippen molar-refractivity contribution in [2.75, 3.05) is 13.1 Å². The van der Waals surface area contributed by atoms with Crippen molar-refractivity contribution in [2.24, 2.45) is 0 Å². The fraction of sp³-hybridized carbons (Fsp3) is 0.189. The molecule has 0 saturated carbocycles. The molecule has 45 heavy (non-hydrogen) atoms. The zero-order valence-corrected chi connectivity index (χ0v) is 26.3. The first-order valence-corrected chi connectivity index (χ1v) is 17.2. The van der Waals surface area contributed by atoms with Crippen molar-refractivity contribution in [3.8, 4) is 6.07 Å². The molecular weight excluding hydrogens is 599 g/mol. The molecule has 1 N–H and O–H groups in total. The molecule has 0 bridgehead atoms. The molecule has 1 amide bonds. The molecule has 1 heterocycles. The van der Waals surface area contributed by atoms with Crippen LogP contribution in [0.1, 0.15) is 29.5 Å². The molecule has 0 unspecified atom stereocenters. The van der Waals surface area contributed by atoms with Crippen LogP contribution in [0.25, 0.3) is 10.8 Å². The minimum atomic E-state index is -4.04. The monoisotopic (exact) mass is 631 g/mol. The lowest BCUT2D eigenvalue weighted by Gasteiger charge is -2.37. The highest BCUT2D eigenvalue weighted by Crippen LogP contribution is 2.52. The van der Waals surface area contributed by atoms with Crippen molar-refractivity contribution in [2.45, 2.75) is 33.8 Å². The molecule has 226 valence electrons. The van der Waals surface area contributed by atoms with E-state index < -0.39 is 20.8 Å². The predicted molar refractivity (Wildman–Crippen MR) is 180 cm³/mol. The number of nitriles is 1. The Labute approximate surface area is 268 Å². The number of carbonyl (C=O) groups is 1. The Morgan fingerprint density at radius 2 is 1.33 bits per heavy atom. The lowest BCUT2D eigenvalue weighted by molar-refractivity contribution is -0.124. The fourth-order valence-electron chi connectivity index (χ4n) is 6.15. The Hall–Kier alpha value is -4.42. The summed E-state index contributed by atoms with van der Waals surface area (Å²) in [5.74, 6) is -0.387. The summed E-state index contributed by atoms with van der Waals surface area (Å²) in [6.45, 7) is 0.319. The molecule has 1 saturated heterocycles. The lowest BCUT2D eigenvalue weighted by atomic mass is 9.84. The molecule has 0 radical (unpaired) electrons. The molecular formula is C37H33N3O3S2. The third-order valence-corrected chi connectivity index (χ3v) is 11.9. The van der Waals surface area contributed by atoms with Crippen molar-refractivity contribution >= 4 is 38.5 Å². The van der Waals surface area contributed by atoms with Crippen molar-refractivity contribution in [3.05, 3.63) is 150 Å². The Morgan fingerprint density at radius 3 is 1.89 bits per heavy atom. The van der Waals surface area contributed by atoms with E-state index in [0.717, 1.165) is 27.5 Å². The predicted octanol–water partition coefficient (Wildman–Crippen LogP) is 6.73. The van der Waals surface area contributed by atoms with Crippen LogP contribution in [0.15, 0.2) is 138 Å². The van der Waals surface area contributed by atoms with Gasteiger partial charge in [-0.15, -0.1) is 11.8 Å². The van der Waals surface area contributed by atoms with Gasteiger partial charge in [0, 0.05) is 18.3 Å². The van der Waals surface area contributed by atoms with Gasteiger partial charge in [-0.05, 0) is 46.0 Å². The van der Waals surface area contributed by atoms with Crippen LogP contribution in [-0.4, -0.2) is 43.0 Å². The van der Waals surface area contributed by atoms with Crippen LogP contribution >= 0.6 is 11.8 Å². The van der Waals surface area contributed by atoms with Gasteiger partial charge in [-0.3, -0.25) is 4.79 Å². The van der Waals surface area contributed by atoms with Gasteiger partial charge in [0.15, 0.2) is 0 Å². The maximum Gasteiger partial charge on any atom is 0.243 e. The van der Waals surface area contributed by atoms with Gasteiger partial charge < -0.3 is 5.32 Å². The van der Waals surface area contributed by atoms with Crippen molar-refractivity contribution in [1.82, 2.24) is 9.62 Å². The van der Waals surface area contributed by atoms with E-state index >= 15 is 0 Å². The summed E-state index contributed by atoms with van der Waals surface area (Å²) in [7, 11) is -4.04. The second kappa shape index (κ2) is 13.3. The van der Waals surface area contributed by atoms with Crippen molar-refractivity contribution < 1.29 is 13.2 Å². The number of amides is 1. The molecule has 0 aliphatic carbocycles. The van der Waals surface area contributed by atoms with E-state index in [-0.39, 0.29) is 35.6 Å². The van der Waals surface area contributed by atoms with E-state index in [1.165, 1.54) is 4.31 Å². The number of hydrogen-bond acceptors (Lipinski definition) is 5. The maximum absolute atomic E-state index is 14.3. The van der Waals surface area contributed by atoms with E-state index in [0.29, 0.717) is 6.42 Å². The van der Waals surface area contributed by atoms with Gasteiger partial charge in [-0.2, -0.15) is 9.57 Å². The minimum Gasteiger partial charge on any atom is -0.354 e. The quantitative estimate of drug-likeness (QED) is 0.136. The van der Waals surface area contributed by atoms with Crippen molar-refractivity contribution in [1.29, 1.82) is 5.26 Å². The van der Waals surface area contributed by atoms with E-state index in [1.54, 1.807) is 30.0 Å². The van der Waals surface area contributed by atoms with Crippen LogP contribution in [-0.2, 0) is 19.6 Å². The summed E-state index contributed by atoms with van der Waals surface area (Å²) in [6, 6.07) is 44.6. The molecule has 6 nitrogen and oxygen atoms in total. The summed E-state index contributed by atoms with van der Waals surface area (Å²) in [6.07, 6.45) is 0.470. The number of nitrogens with zero attached hydrogens (tertiary/aromatic N) is 2. The minimum absolute atomic E-state index is 0.146. The SMILES string of the molecule is N#CCCNC(=O)[C@@H]1C[C@@H](SC(c2ccccc2)(c2ccccc2)c2ccccc2)CN1S(=O)(=O)c1ccc2ccccc2c1. The van der Waals surface area contributed by atoms with Crippen LogP contribution in [0, 0.1) is 11.3 Å². The van der Waals surface area contributed by atoms with Gasteiger partial charge in [0.25, 0.3) is 0 Å². The van der Waals surface area contributed by atoms with Crippen LogP contribution in [0.5, 0.6) is 0 Å². The summed E-state index contributed by atoms with van der Waals surface area (Å²) < 4.78 is 29.4. The Morgan fingerprint density at radius 1 is 0.800 bits per heavy atom. The lowest BCUT2D eigenvalue weighted by Crippen LogP contribution is -2.46. The molecule has 1 aliphatic heterocycles. The highest BCUT2D eigenvalue weighted by molar-refractivity contribution is 8.01. The largest absolute Gasteiger partial charge is 0.354 e. The third kappa shape index (κ3) is 6.12. The van der Waals surface area contributed by atoms with E-state index in [2.05, 4.69) is 41.7 Å². The molecule has 6 rings (SSSR count). The highest BCUT2D eigenvalue weighted by atomic mass is 32.2. The van der Waals surface area contributed by atoms with Gasteiger partial charge in [0.1, 0.15) is 6.04 Å². The Kier molecular flexibility index (Phi) is 9.04. The molecule has 5 aromatic carbocycles. The van der Waals surface area contributed by atoms with E-state index in [4.69, 9.17) is 5.26 Å². The second-order valence-electron chi connectivity index (χ2n) is 11.1. The van der Waals surface area contributed by atoms with Gasteiger partial charge in [-0.25, -0.2) is 8.42 Å². The number of sulfonamides is 1. The highest BCUT2D eigenvalue weighted by Gasteiger charge is 2.48. The second-order valence-corrected chi connectivity index (χ2v) is 14.5. The van der Waals surface area contributed by atoms with Gasteiger partial charge in [0.05, 0.1) is 22.1 Å². The molecule has 1 aliphatic rings. The number of rotatable bonds is 10. The van der Waals surface area contributed by atoms with Crippen LogP contribution < -0.4 is 5.32 Å². The average Bonchev–Trinajstić information content (AvgIpc) is 3.53. The summed E-state index contributed by atoms with van der Waals surface area (Å²) >= 11 is 1.69. The van der Waals surface area contributed by atoms with E-state index in [1.807, 2.05) is 84.9 Å². The molecule has 5 aromatic rings. The molecule has 2 atom stereocenters. The van der Waals surface area contributed by atoms with Crippen molar-refractivity contribution in [3.63, 3.8) is 0 Å². The maximum atomic E-state index is 14.3. The van der Waals surface area contributed by atoms with Crippen LogP contribution in [0.2, 0.25) is 0 Å². The first-order valence-electron chi connectivity index (χ1n) is 14.9. The molecule has 0 aromatic heterocycles. The Bertz CT molecular complexity index is 1830. The van der Waals surface area contributed by atoms with Crippen LogP contribution in [0.4, 0.5) is 0 Å². The third-order valence-electron chi connectivity index (χ3n) is 8.27. The standard InChI is InChI=1S/C37H33N3O3S2/c38-23-12-24-39-36(41)35-26-33(27-40(35)45(42,43)34-22-21-28-13-10-11-14-29(28)25-34)44-37(30-15-4-1-5-16-30,31-17-6-2-7-18-31)32-19-8-3-9-20-32/h1-11,13-22,25,33,35H,12,24,26-27H2,(H,39,41)/t33-,35+/m1/s1. The summed E-state index contributed by atoms with van der Waals surface area (Å²) in [5, 5.41) is 13.4. The fourth-order valence-corrected chi connectivity index (χ4v) is 9.76. The first-order chi connectivity index (χ1) is 21.9. The zero-order chi connectivity index (χ0) is 31.3. The number of thioether (sulfide) groups is 1.